The van der Waals surface area contributed by atoms with Gasteiger partial charge in [-0.3, -0.25) is 4.79 Å². The molecule has 1 amide bonds. The summed E-state index contributed by atoms with van der Waals surface area (Å²) >= 11 is 6.13. The molecule has 5 nitrogen and oxygen atoms in total. The largest absolute Gasteiger partial charge is 0.482 e. The first-order valence-corrected chi connectivity index (χ1v) is 11.0. The second-order valence-corrected chi connectivity index (χ2v) is 8.30. The van der Waals surface area contributed by atoms with Crippen LogP contribution in [0.1, 0.15) is 41.4 Å². The summed E-state index contributed by atoms with van der Waals surface area (Å²) in [6.45, 7) is 3.28. The summed E-state index contributed by atoms with van der Waals surface area (Å²) in [5, 5.41) is 0.508. The standard InChI is InChI=1S/C25H26ClN3O2/c1-18-27-15-21(14-19-8-3-2-4-9-19)25(28-18)20-10-7-13-29(16-20)24(30)17-31-23-12-6-5-11-22(23)26/h2-6,8-9,11-12,15,20H,7,10,13-14,16-17H2,1H3/t20-/m1/s1. The Hall–Kier alpha value is -2.92. The van der Waals surface area contributed by atoms with E-state index in [1.165, 1.54) is 5.56 Å². The molecule has 31 heavy (non-hydrogen) atoms. The van der Waals surface area contributed by atoms with Gasteiger partial charge >= 0.3 is 0 Å². The molecule has 0 N–H and O–H groups in total. The molecule has 1 aliphatic rings. The summed E-state index contributed by atoms with van der Waals surface area (Å²) in [4.78, 5) is 23.9. The molecular formula is C25H26ClN3O2. The van der Waals surface area contributed by atoms with E-state index in [4.69, 9.17) is 21.3 Å². The Morgan fingerprint density at radius 2 is 1.94 bits per heavy atom. The molecule has 6 heteroatoms. The minimum atomic E-state index is -0.0278. The first-order chi connectivity index (χ1) is 15.1. The lowest BCUT2D eigenvalue weighted by Crippen LogP contribution is -2.42. The molecule has 0 bridgehead atoms. The van der Waals surface area contributed by atoms with Crippen molar-refractivity contribution in [1.82, 2.24) is 14.9 Å². The summed E-state index contributed by atoms with van der Waals surface area (Å²) in [6, 6.07) is 17.5. The van der Waals surface area contributed by atoms with Gasteiger partial charge in [0.05, 0.1) is 10.7 Å². The lowest BCUT2D eigenvalue weighted by atomic mass is 9.90. The van der Waals surface area contributed by atoms with Crippen LogP contribution in [0.2, 0.25) is 5.02 Å². The number of hydrogen-bond donors (Lipinski definition) is 0. The summed E-state index contributed by atoms with van der Waals surface area (Å²) < 4.78 is 5.67. The van der Waals surface area contributed by atoms with Gasteiger partial charge in [0.25, 0.3) is 5.91 Å². The van der Waals surface area contributed by atoms with Gasteiger partial charge in [-0.15, -0.1) is 0 Å². The fourth-order valence-electron chi connectivity index (χ4n) is 4.04. The van der Waals surface area contributed by atoms with Crippen LogP contribution in [0.15, 0.2) is 60.8 Å². The number of halogens is 1. The Labute approximate surface area is 188 Å². The third kappa shape index (κ3) is 5.42. The molecule has 0 unspecified atom stereocenters. The molecule has 2 aromatic carbocycles. The Morgan fingerprint density at radius 1 is 1.16 bits per heavy atom. The Balaban J connectivity index is 1.46. The number of carbonyl (C=O) groups is 1. The van der Waals surface area contributed by atoms with Crippen molar-refractivity contribution < 1.29 is 9.53 Å². The van der Waals surface area contributed by atoms with Crippen molar-refractivity contribution in [1.29, 1.82) is 0 Å². The van der Waals surface area contributed by atoms with E-state index in [0.29, 0.717) is 17.3 Å². The average Bonchev–Trinajstić information content (AvgIpc) is 2.80. The van der Waals surface area contributed by atoms with E-state index in [1.54, 1.807) is 12.1 Å². The van der Waals surface area contributed by atoms with Crippen molar-refractivity contribution in [2.75, 3.05) is 19.7 Å². The Kier molecular flexibility index (Phi) is 6.82. The van der Waals surface area contributed by atoms with E-state index in [0.717, 1.165) is 42.9 Å². The molecule has 1 fully saturated rings. The second kappa shape index (κ2) is 9.92. The molecule has 0 aliphatic carbocycles. The zero-order valence-electron chi connectivity index (χ0n) is 17.6. The lowest BCUT2D eigenvalue weighted by molar-refractivity contribution is -0.134. The number of likely N-dealkylation sites (tertiary alicyclic amines) is 1. The van der Waals surface area contributed by atoms with Crippen LogP contribution in [-0.2, 0) is 11.2 Å². The molecule has 3 aromatic rings. The molecule has 0 radical (unpaired) electrons. The number of hydrogen-bond acceptors (Lipinski definition) is 4. The van der Waals surface area contributed by atoms with Gasteiger partial charge in [0.2, 0.25) is 0 Å². The number of para-hydroxylation sites is 1. The van der Waals surface area contributed by atoms with Gasteiger partial charge in [0, 0.05) is 31.6 Å². The number of rotatable bonds is 6. The molecule has 0 spiro atoms. The Morgan fingerprint density at radius 3 is 2.74 bits per heavy atom. The van der Waals surface area contributed by atoms with Crippen molar-refractivity contribution in [3.05, 3.63) is 88.5 Å². The first-order valence-electron chi connectivity index (χ1n) is 10.6. The van der Waals surface area contributed by atoms with Gasteiger partial charge in [0.1, 0.15) is 11.6 Å². The minimum Gasteiger partial charge on any atom is -0.482 e. The van der Waals surface area contributed by atoms with E-state index in [-0.39, 0.29) is 18.4 Å². The van der Waals surface area contributed by atoms with Crippen LogP contribution in [0.4, 0.5) is 0 Å². The van der Waals surface area contributed by atoms with Gasteiger partial charge in [-0.2, -0.15) is 0 Å². The number of piperidine rings is 1. The molecule has 0 saturated carbocycles. The van der Waals surface area contributed by atoms with E-state index in [9.17, 15) is 4.79 Å². The van der Waals surface area contributed by atoms with Crippen molar-refractivity contribution in [3.63, 3.8) is 0 Å². The highest BCUT2D eigenvalue weighted by molar-refractivity contribution is 6.32. The van der Waals surface area contributed by atoms with Crippen LogP contribution in [0.3, 0.4) is 0 Å². The number of ether oxygens (including phenoxy) is 1. The van der Waals surface area contributed by atoms with Crippen LogP contribution >= 0.6 is 11.6 Å². The second-order valence-electron chi connectivity index (χ2n) is 7.89. The zero-order valence-corrected chi connectivity index (χ0v) is 18.4. The highest BCUT2D eigenvalue weighted by Gasteiger charge is 2.28. The lowest BCUT2D eigenvalue weighted by Gasteiger charge is -2.33. The average molecular weight is 436 g/mol. The van der Waals surface area contributed by atoms with Crippen LogP contribution in [-0.4, -0.2) is 40.5 Å². The fourth-order valence-corrected chi connectivity index (χ4v) is 4.23. The van der Waals surface area contributed by atoms with Gasteiger partial charge < -0.3 is 9.64 Å². The van der Waals surface area contributed by atoms with Crippen molar-refractivity contribution in [3.8, 4) is 5.75 Å². The third-order valence-electron chi connectivity index (χ3n) is 5.60. The SMILES string of the molecule is Cc1ncc(Cc2ccccc2)c([C@@H]2CCCN(C(=O)COc3ccccc3Cl)C2)n1. The number of benzene rings is 2. The van der Waals surface area contributed by atoms with Crippen molar-refractivity contribution in [2.45, 2.75) is 32.1 Å². The number of amides is 1. The summed E-state index contributed by atoms with van der Waals surface area (Å²) in [5.41, 5.74) is 3.41. The smallest absolute Gasteiger partial charge is 0.260 e. The van der Waals surface area contributed by atoms with Crippen LogP contribution < -0.4 is 4.74 Å². The van der Waals surface area contributed by atoms with Gasteiger partial charge in [-0.05, 0) is 43.0 Å². The van der Waals surface area contributed by atoms with Crippen LogP contribution in [0.5, 0.6) is 5.75 Å². The molecule has 1 aliphatic heterocycles. The summed E-state index contributed by atoms with van der Waals surface area (Å²) in [6.07, 6.45) is 4.67. The number of nitrogens with zero attached hydrogens (tertiary/aromatic N) is 3. The molecular weight excluding hydrogens is 410 g/mol. The molecule has 1 aromatic heterocycles. The first kappa shape index (κ1) is 21.3. The molecule has 1 atom stereocenters. The van der Waals surface area contributed by atoms with E-state index in [2.05, 4.69) is 17.1 Å². The normalized spacial score (nSPS) is 16.2. The molecule has 4 rings (SSSR count). The Bertz CT molecular complexity index is 1040. The fraction of sp³-hybridized carbons (Fsp3) is 0.320. The topological polar surface area (TPSA) is 55.3 Å². The van der Waals surface area contributed by atoms with Gasteiger partial charge in [0.15, 0.2) is 6.61 Å². The van der Waals surface area contributed by atoms with Crippen molar-refractivity contribution in [2.24, 2.45) is 0 Å². The summed E-state index contributed by atoms with van der Waals surface area (Å²) in [7, 11) is 0. The monoisotopic (exact) mass is 435 g/mol. The predicted molar refractivity (Wildman–Crippen MR) is 122 cm³/mol. The number of aryl methyl sites for hydroxylation is 1. The maximum absolute atomic E-state index is 12.8. The maximum Gasteiger partial charge on any atom is 0.260 e. The predicted octanol–water partition coefficient (Wildman–Crippen LogP) is 4.81. The minimum absolute atomic E-state index is 0.0177. The molecule has 2 heterocycles. The number of carbonyl (C=O) groups excluding carboxylic acids is 1. The number of aromatic nitrogens is 2. The quantitative estimate of drug-likeness (QED) is 0.557. The van der Waals surface area contributed by atoms with Crippen molar-refractivity contribution >= 4 is 17.5 Å². The highest BCUT2D eigenvalue weighted by atomic mass is 35.5. The van der Waals surface area contributed by atoms with E-state index in [1.807, 2.05) is 48.4 Å². The van der Waals surface area contributed by atoms with Crippen LogP contribution in [0, 0.1) is 6.92 Å². The summed E-state index contributed by atoms with van der Waals surface area (Å²) in [5.74, 6) is 1.46. The highest BCUT2D eigenvalue weighted by Crippen LogP contribution is 2.29. The molecule has 160 valence electrons. The van der Waals surface area contributed by atoms with Gasteiger partial charge in [-0.25, -0.2) is 9.97 Å². The van der Waals surface area contributed by atoms with E-state index < -0.39 is 0 Å². The van der Waals surface area contributed by atoms with E-state index >= 15 is 0 Å². The molecule has 1 saturated heterocycles. The van der Waals surface area contributed by atoms with Gasteiger partial charge in [-0.1, -0.05) is 54.1 Å². The van der Waals surface area contributed by atoms with Crippen LogP contribution in [0.25, 0.3) is 0 Å². The third-order valence-corrected chi connectivity index (χ3v) is 5.92. The zero-order chi connectivity index (χ0) is 21.6. The maximum atomic E-state index is 12.8.